The van der Waals surface area contributed by atoms with Gasteiger partial charge < -0.3 is 4.40 Å². The molecule has 4 aromatic carbocycles. The molecule has 0 saturated heterocycles. The van der Waals surface area contributed by atoms with Gasteiger partial charge in [-0.2, -0.15) is 0 Å². The Bertz CT molecular complexity index is 2540. The van der Waals surface area contributed by atoms with Gasteiger partial charge in [0.15, 0.2) is 5.84 Å². The van der Waals surface area contributed by atoms with Gasteiger partial charge >= 0.3 is 0 Å². The molecule has 3 unspecified atom stereocenters. The highest BCUT2D eigenvalue weighted by molar-refractivity contribution is 7.15. The van der Waals surface area contributed by atoms with E-state index in [-0.39, 0.29) is 11.4 Å². The van der Waals surface area contributed by atoms with Gasteiger partial charge in [-0.1, -0.05) is 86.1 Å². The Labute approximate surface area is 264 Å². The number of hydrogen-bond acceptors (Lipinski definition) is 2. The molecule has 8 aromatic rings. The molecule has 10 rings (SSSR count). The number of thiophene rings is 1. The topological polar surface area (TPSA) is 21.7 Å². The van der Waals surface area contributed by atoms with Crippen molar-refractivity contribution in [3.8, 4) is 0 Å². The maximum atomic E-state index is 7.17. The second-order valence-electron chi connectivity index (χ2n) is 12.9. The average Bonchev–Trinajstić information content (AvgIpc) is 3.77. The van der Waals surface area contributed by atoms with E-state index in [9.17, 15) is 0 Å². The van der Waals surface area contributed by atoms with Crippen LogP contribution in [-0.2, 0) is 12.8 Å². The molecule has 3 nitrogen and oxygen atoms in total. The summed E-state index contributed by atoms with van der Waals surface area (Å²) < 4.78 is 4.95. The summed E-state index contributed by atoms with van der Waals surface area (Å²) in [5, 5.41) is 7.68. The molecule has 0 fully saturated rings. The molecule has 2 aliphatic rings. The van der Waals surface area contributed by atoms with Gasteiger partial charge in [-0.15, -0.1) is 11.3 Å². The maximum Gasteiger partial charge on any atom is 0.152 e. The lowest BCUT2D eigenvalue weighted by Gasteiger charge is -2.23. The largest absolute Gasteiger partial charge is 0.308 e. The molecule has 4 aromatic heterocycles. The van der Waals surface area contributed by atoms with Crippen LogP contribution in [0.5, 0.6) is 0 Å². The van der Waals surface area contributed by atoms with Crippen molar-refractivity contribution >= 4 is 94.8 Å². The van der Waals surface area contributed by atoms with Crippen molar-refractivity contribution in [3.05, 3.63) is 106 Å². The van der Waals surface area contributed by atoms with Gasteiger partial charge in [0, 0.05) is 37.2 Å². The van der Waals surface area contributed by atoms with Crippen molar-refractivity contribution in [1.29, 1.82) is 0 Å². The normalized spacial score (nSPS) is 21.8. The van der Waals surface area contributed by atoms with Crippen molar-refractivity contribution in [2.45, 2.75) is 38.6 Å². The molecule has 0 saturated carbocycles. The fourth-order valence-electron chi connectivity index (χ4n) is 8.11. The number of rotatable bonds is 0. The highest BCUT2D eigenvalue weighted by atomic mass is 35.5. The molecular formula is C39H30ClN3S. The van der Waals surface area contributed by atoms with E-state index in [0.29, 0.717) is 5.92 Å². The number of benzene rings is 4. The number of aromatic nitrogens is 2. The van der Waals surface area contributed by atoms with Crippen molar-refractivity contribution in [2.75, 3.05) is 0 Å². The molecule has 3 atom stereocenters. The zero-order valence-electron chi connectivity index (χ0n) is 24.6. The molecule has 0 bridgehead atoms. The van der Waals surface area contributed by atoms with Gasteiger partial charge in [0.05, 0.1) is 32.5 Å². The molecule has 214 valence electrons. The Morgan fingerprint density at radius 2 is 1.43 bits per heavy atom. The van der Waals surface area contributed by atoms with E-state index in [4.69, 9.17) is 16.6 Å². The van der Waals surface area contributed by atoms with Crippen LogP contribution in [0.15, 0.2) is 89.9 Å². The summed E-state index contributed by atoms with van der Waals surface area (Å²) in [5.41, 5.74) is 8.90. The van der Waals surface area contributed by atoms with Crippen LogP contribution < -0.4 is 0 Å². The zero-order valence-corrected chi connectivity index (χ0v) is 26.2. The molecule has 5 heteroatoms. The van der Waals surface area contributed by atoms with Crippen LogP contribution in [0.3, 0.4) is 0 Å². The third kappa shape index (κ3) is 3.20. The first-order valence-corrected chi connectivity index (χ1v) is 17.0. The van der Waals surface area contributed by atoms with Gasteiger partial charge in [0.25, 0.3) is 0 Å². The van der Waals surface area contributed by atoms with E-state index in [1.165, 1.54) is 80.8 Å². The number of hydrogen-bond donors (Lipinski definition) is 0. The number of halogens is 1. The lowest BCUT2D eigenvalue weighted by atomic mass is 9.89. The summed E-state index contributed by atoms with van der Waals surface area (Å²) in [6.45, 7) is 4.59. The van der Waals surface area contributed by atoms with Gasteiger partial charge in [0.2, 0.25) is 0 Å². The van der Waals surface area contributed by atoms with Crippen LogP contribution in [0.1, 0.15) is 41.1 Å². The number of para-hydroxylation sites is 3. The number of aliphatic imine (C=N–C) groups is 1. The number of alkyl halides is 1. The molecule has 0 N–H and O–H groups in total. The molecule has 0 radical (unpaired) electrons. The first kappa shape index (κ1) is 25.2. The molecule has 1 aliphatic heterocycles. The highest BCUT2D eigenvalue weighted by Crippen LogP contribution is 2.47. The van der Waals surface area contributed by atoms with Gasteiger partial charge in [0.1, 0.15) is 5.50 Å². The number of allylic oxidation sites excluding steroid dienone is 1. The summed E-state index contributed by atoms with van der Waals surface area (Å²) in [7, 11) is 0. The van der Waals surface area contributed by atoms with Crippen molar-refractivity contribution in [2.24, 2.45) is 16.8 Å². The van der Waals surface area contributed by atoms with Crippen LogP contribution in [0.2, 0.25) is 0 Å². The monoisotopic (exact) mass is 607 g/mol. The zero-order chi connectivity index (χ0) is 29.3. The highest BCUT2D eigenvalue weighted by Gasteiger charge is 2.31. The fraction of sp³-hybridized carbons (Fsp3) is 0.205. The van der Waals surface area contributed by atoms with E-state index in [2.05, 4.69) is 114 Å². The van der Waals surface area contributed by atoms with Crippen LogP contribution >= 0.6 is 22.9 Å². The molecule has 0 spiro atoms. The Balaban J connectivity index is 1.43. The lowest BCUT2D eigenvalue weighted by molar-refractivity contribution is 0.508. The van der Waals surface area contributed by atoms with Crippen molar-refractivity contribution < 1.29 is 0 Å². The summed E-state index contributed by atoms with van der Waals surface area (Å²) in [4.78, 5) is 8.13. The van der Waals surface area contributed by atoms with Crippen LogP contribution in [0.25, 0.3) is 66.0 Å². The van der Waals surface area contributed by atoms with Crippen LogP contribution in [0.4, 0.5) is 0 Å². The predicted octanol–water partition coefficient (Wildman–Crippen LogP) is 10.7. The second kappa shape index (κ2) is 8.97. The first-order valence-electron chi connectivity index (χ1n) is 15.7. The molecule has 1 aliphatic carbocycles. The van der Waals surface area contributed by atoms with E-state index >= 15 is 0 Å². The SMILES string of the molecule is CC1C=Cc2sc3c(c2C1)CCC(C)C(Cl)/N=C\3n1c2ccccc2c2cc3c4ccccc4n4c5ccccc5c(c21)c34. The van der Waals surface area contributed by atoms with E-state index in [1.54, 1.807) is 0 Å². The van der Waals surface area contributed by atoms with Gasteiger partial charge in [-0.05, 0) is 72.6 Å². The predicted molar refractivity (Wildman–Crippen MR) is 189 cm³/mol. The smallest absolute Gasteiger partial charge is 0.152 e. The minimum atomic E-state index is -0.293. The molecule has 0 amide bonds. The van der Waals surface area contributed by atoms with Gasteiger partial charge in [-0.3, -0.25) is 4.57 Å². The number of nitrogens with zero attached hydrogens (tertiary/aromatic N) is 3. The van der Waals surface area contributed by atoms with Crippen LogP contribution in [0, 0.1) is 11.8 Å². The molecular weight excluding hydrogens is 578 g/mol. The summed E-state index contributed by atoms with van der Waals surface area (Å²) >= 11 is 9.08. The summed E-state index contributed by atoms with van der Waals surface area (Å²) in [6.07, 6.45) is 7.89. The molecule has 44 heavy (non-hydrogen) atoms. The average molecular weight is 608 g/mol. The quantitative estimate of drug-likeness (QED) is 0.121. The Morgan fingerprint density at radius 1 is 0.773 bits per heavy atom. The first-order chi connectivity index (χ1) is 21.6. The third-order valence-electron chi connectivity index (χ3n) is 10.2. The second-order valence-corrected chi connectivity index (χ2v) is 14.4. The van der Waals surface area contributed by atoms with Crippen molar-refractivity contribution in [3.63, 3.8) is 0 Å². The standard InChI is InChI=1S/C39H30ClN3S/c1-21-15-18-33-27(19-21)25-17-16-22(2)38(40)41-39(37(25)44-33)43-31-13-7-4-10-24(31)29-20-28-23-9-3-6-12-30(23)42-32-14-8-5-11-26(32)34(35(28)42)36(29)43/h3-15,18,20-22,38H,16-17,19H2,1-2H3/b41-39+. The van der Waals surface area contributed by atoms with E-state index in [0.717, 1.165) is 25.1 Å². The Morgan fingerprint density at radius 3 is 2.23 bits per heavy atom. The van der Waals surface area contributed by atoms with E-state index < -0.39 is 0 Å². The lowest BCUT2D eigenvalue weighted by Crippen LogP contribution is -2.22. The Kier molecular flexibility index (Phi) is 5.14. The fourth-order valence-corrected chi connectivity index (χ4v) is 9.61. The summed E-state index contributed by atoms with van der Waals surface area (Å²) in [5.74, 6) is 1.83. The number of fused-ring (bicyclic) bond motifs is 13. The van der Waals surface area contributed by atoms with Crippen molar-refractivity contribution in [1.82, 2.24) is 8.97 Å². The van der Waals surface area contributed by atoms with Crippen LogP contribution in [-0.4, -0.2) is 20.3 Å². The minimum Gasteiger partial charge on any atom is -0.308 e. The van der Waals surface area contributed by atoms with Gasteiger partial charge in [-0.25, -0.2) is 4.99 Å². The van der Waals surface area contributed by atoms with E-state index in [1.807, 2.05) is 11.3 Å². The summed E-state index contributed by atoms with van der Waals surface area (Å²) in [6, 6.07) is 29.0. The minimum absolute atomic E-state index is 0.283. The Hall–Kier alpha value is -4.12. The molecule has 5 heterocycles. The maximum absolute atomic E-state index is 7.17. The third-order valence-corrected chi connectivity index (χ3v) is 12.0.